The summed E-state index contributed by atoms with van der Waals surface area (Å²) in [5.74, 6) is -0.378. The van der Waals surface area contributed by atoms with E-state index in [-0.39, 0.29) is 12.5 Å². The molecule has 0 aromatic rings. The van der Waals surface area contributed by atoms with Crippen molar-refractivity contribution >= 4 is 13.0 Å². The SMILES string of the molecule is CC(=O)N(O)CCCP(C)(C)=O. The number of hydroxylamine groups is 2. The van der Waals surface area contributed by atoms with Crippen molar-refractivity contribution in [2.24, 2.45) is 0 Å². The Morgan fingerprint density at radius 3 is 2.33 bits per heavy atom. The minimum atomic E-state index is -2.00. The summed E-state index contributed by atoms with van der Waals surface area (Å²) in [6.45, 7) is 4.95. The predicted octanol–water partition coefficient (Wildman–Crippen LogP) is 1.24. The van der Waals surface area contributed by atoms with Crippen LogP contribution in [0.3, 0.4) is 0 Å². The van der Waals surface area contributed by atoms with Crippen LogP contribution < -0.4 is 0 Å². The number of hydrogen-bond donors (Lipinski definition) is 1. The lowest BCUT2D eigenvalue weighted by atomic mass is 10.4. The second kappa shape index (κ2) is 4.63. The molecular formula is C7H16NO3P. The van der Waals surface area contributed by atoms with E-state index in [1.165, 1.54) is 6.92 Å². The summed E-state index contributed by atoms with van der Waals surface area (Å²) in [5.41, 5.74) is 0. The predicted molar refractivity (Wildman–Crippen MR) is 48.1 cm³/mol. The van der Waals surface area contributed by atoms with Crippen LogP contribution in [-0.2, 0) is 9.36 Å². The molecule has 12 heavy (non-hydrogen) atoms. The van der Waals surface area contributed by atoms with Crippen LogP contribution in [0.5, 0.6) is 0 Å². The fraction of sp³-hybridized carbons (Fsp3) is 0.857. The van der Waals surface area contributed by atoms with Gasteiger partial charge in [-0.1, -0.05) is 0 Å². The van der Waals surface area contributed by atoms with Crippen molar-refractivity contribution in [3.05, 3.63) is 0 Å². The third-order valence-corrected chi connectivity index (χ3v) is 2.82. The molecular weight excluding hydrogens is 177 g/mol. The summed E-state index contributed by atoms with van der Waals surface area (Å²) >= 11 is 0. The number of amides is 1. The smallest absolute Gasteiger partial charge is 0.242 e. The van der Waals surface area contributed by atoms with Crippen LogP contribution in [-0.4, -0.2) is 42.2 Å². The number of hydrogen-bond acceptors (Lipinski definition) is 3. The summed E-state index contributed by atoms with van der Waals surface area (Å²) in [6, 6.07) is 0. The van der Waals surface area contributed by atoms with E-state index in [0.717, 1.165) is 0 Å². The maximum Gasteiger partial charge on any atom is 0.242 e. The normalized spacial score (nSPS) is 11.3. The fourth-order valence-electron chi connectivity index (χ4n) is 0.759. The average molecular weight is 193 g/mol. The van der Waals surface area contributed by atoms with Crippen LogP contribution in [0.4, 0.5) is 0 Å². The second-order valence-corrected chi connectivity index (χ2v) is 6.89. The van der Waals surface area contributed by atoms with Gasteiger partial charge in [0.25, 0.3) is 0 Å². The Morgan fingerprint density at radius 2 is 2.00 bits per heavy atom. The van der Waals surface area contributed by atoms with E-state index in [1.54, 1.807) is 13.3 Å². The van der Waals surface area contributed by atoms with Gasteiger partial charge in [-0.25, -0.2) is 5.06 Å². The Morgan fingerprint density at radius 1 is 1.50 bits per heavy atom. The highest BCUT2D eigenvalue weighted by atomic mass is 31.2. The number of rotatable bonds is 4. The van der Waals surface area contributed by atoms with Crippen LogP contribution in [0.2, 0.25) is 0 Å². The van der Waals surface area contributed by atoms with Crippen LogP contribution >= 0.6 is 7.14 Å². The van der Waals surface area contributed by atoms with Crippen molar-refractivity contribution in [3.63, 3.8) is 0 Å². The number of carbonyl (C=O) groups is 1. The maximum absolute atomic E-state index is 11.2. The van der Waals surface area contributed by atoms with Gasteiger partial charge < -0.3 is 4.57 Å². The molecule has 0 spiro atoms. The van der Waals surface area contributed by atoms with Gasteiger partial charge in [0.1, 0.15) is 0 Å². The van der Waals surface area contributed by atoms with Gasteiger partial charge in [-0.2, -0.15) is 0 Å². The van der Waals surface area contributed by atoms with Crippen molar-refractivity contribution < 1.29 is 14.6 Å². The van der Waals surface area contributed by atoms with E-state index in [2.05, 4.69) is 0 Å². The summed E-state index contributed by atoms with van der Waals surface area (Å²) < 4.78 is 11.2. The standard InChI is InChI=1S/C7H16NO3P/c1-7(9)8(10)5-4-6-12(2,3)11/h10H,4-6H2,1-3H3. The van der Waals surface area contributed by atoms with Crippen molar-refractivity contribution in [1.82, 2.24) is 5.06 Å². The van der Waals surface area contributed by atoms with E-state index in [1.807, 2.05) is 0 Å². The van der Waals surface area contributed by atoms with Gasteiger partial charge in [0.05, 0.1) is 7.14 Å². The van der Waals surface area contributed by atoms with Gasteiger partial charge >= 0.3 is 0 Å². The van der Waals surface area contributed by atoms with E-state index in [9.17, 15) is 9.36 Å². The van der Waals surface area contributed by atoms with Gasteiger partial charge in [-0.15, -0.1) is 0 Å². The Balaban J connectivity index is 3.58. The molecule has 1 N–H and O–H groups in total. The highest BCUT2D eigenvalue weighted by Crippen LogP contribution is 2.36. The molecule has 0 aliphatic heterocycles. The molecule has 0 aliphatic rings. The molecule has 0 heterocycles. The zero-order valence-electron chi connectivity index (χ0n) is 7.78. The van der Waals surface area contributed by atoms with Gasteiger partial charge in [0, 0.05) is 19.6 Å². The minimum Gasteiger partial charge on any atom is -0.324 e. The highest BCUT2D eigenvalue weighted by Gasteiger charge is 2.09. The largest absolute Gasteiger partial charge is 0.324 e. The fourth-order valence-corrected chi connectivity index (χ4v) is 1.66. The molecule has 0 unspecified atom stereocenters. The van der Waals surface area contributed by atoms with Crippen molar-refractivity contribution in [2.75, 3.05) is 26.0 Å². The van der Waals surface area contributed by atoms with Crippen LogP contribution in [0, 0.1) is 0 Å². The Labute approximate surface area is 72.9 Å². The van der Waals surface area contributed by atoms with Crippen LogP contribution in [0.15, 0.2) is 0 Å². The molecule has 0 fully saturated rings. The summed E-state index contributed by atoms with van der Waals surface area (Å²) in [6.07, 6.45) is 1.15. The first-order chi connectivity index (χ1) is 5.33. The van der Waals surface area contributed by atoms with Crippen molar-refractivity contribution in [3.8, 4) is 0 Å². The quantitative estimate of drug-likeness (QED) is 0.415. The molecule has 0 aromatic carbocycles. The summed E-state index contributed by atoms with van der Waals surface area (Å²) in [5, 5.41) is 9.57. The first-order valence-electron chi connectivity index (χ1n) is 3.84. The van der Waals surface area contributed by atoms with Gasteiger partial charge in [-0.05, 0) is 19.8 Å². The second-order valence-electron chi connectivity index (χ2n) is 3.29. The average Bonchev–Trinajstić information content (AvgIpc) is 1.84. The molecule has 0 saturated heterocycles. The lowest BCUT2D eigenvalue weighted by molar-refractivity contribution is -0.162. The molecule has 1 amide bonds. The maximum atomic E-state index is 11.2. The third kappa shape index (κ3) is 6.38. The Kier molecular flexibility index (Phi) is 4.50. The van der Waals surface area contributed by atoms with E-state index in [4.69, 9.17) is 5.21 Å². The van der Waals surface area contributed by atoms with Crippen LogP contribution in [0.25, 0.3) is 0 Å². The van der Waals surface area contributed by atoms with Crippen molar-refractivity contribution in [1.29, 1.82) is 0 Å². The first kappa shape index (κ1) is 11.7. The Bertz CT molecular complexity index is 199. The van der Waals surface area contributed by atoms with E-state index >= 15 is 0 Å². The molecule has 0 aliphatic carbocycles. The molecule has 0 atom stereocenters. The summed E-state index contributed by atoms with van der Waals surface area (Å²) in [4.78, 5) is 10.5. The summed E-state index contributed by atoms with van der Waals surface area (Å²) in [7, 11) is -2.00. The number of carbonyl (C=O) groups excluding carboxylic acids is 1. The minimum absolute atomic E-state index is 0.265. The van der Waals surface area contributed by atoms with Gasteiger partial charge in [0.2, 0.25) is 5.91 Å². The molecule has 5 heteroatoms. The number of nitrogens with zero attached hydrogens (tertiary/aromatic N) is 1. The molecule has 0 bridgehead atoms. The van der Waals surface area contributed by atoms with Crippen molar-refractivity contribution in [2.45, 2.75) is 13.3 Å². The van der Waals surface area contributed by atoms with E-state index < -0.39 is 7.14 Å². The molecule has 0 radical (unpaired) electrons. The zero-order valence-corrected chi connectivity index (χ0v) is 8.67. The lowest BCUT2D eigenvalue weighted by Gasteiger charge is -2.12. The molecule has 72 valence electrons. The monoisotopic (exact) mass is 193 g/mol. The molecule has 4 nitrogen and oxygen atoms in total. The van der Waals surface area contributed by atoms with E-state index in [0.29, 0.717) is 17.6 Å². The lowest BCUT2D eigenvalue weighted by Crippen LogP contribution is -2.26. The Hall–Kier alpha value is -0.340. The molecule has 0 rings (SSSR count). The van der Waals surface area contributed by atoms with Gasteiger partial charge in [0.15, 0.2) is 0 Å². The molecule has 0 aromatic heterocycles. The first-order valence-corrected chi connectivity index (χ1v) is 6.62. The molecule has 0 saturated carbocycles. The van der Waals surface area contributed by atoms with Gasteiger partial charge in [-0.3, -0.25) is 10.0 Å². The van der Waals surface area contributed by atoms with Crippen LogP contribution in [0.1, 0.15) is 13.3 Å². The third-order valence-electron chi connectivity index (χ3n) is 1.43. The topological polar surface area (TPSA) is 57.6 Å². The highest BCUT2D eigenvalue weighted by molar-refractivity contribution is 7.62. The zero-order chi connectivity index (χ0) is 9.78.